The molecule has 5 rings (SSSR count). The second kappa shape index (κ2) is 9.73. The van der Waals surface area contributed by atoms with E-state index in [0.717, 1.165) is 0 Å². The first-order valence-electron chi connectivity index (χ1n) is 11.2. The molecule has 0 unspecified atom stereocenters. The van der Waals surface area contributed by atoms with Gasteiger partial charge < -0.3 is 15.7 Å². The molecule has 1 aliphatic rings. The van der Waals surface area contributed by atoms with Gasteiger partial charge in [-0.05, 0) is 49.2 Å². The molecule has 1 aliphatic carbocycles. The SMILES string of the molecule is O=C(NC1(CO)CC1)c1cc(NC(=O)c2cc(-c3ccccn3)c(Cl)cc2Cl)n(-c2ccccc2)n1. The molecule has 0 radical (unpaired) electrons. The minimum Gasteiger partial charge on any atom is -0.394 e. The van der Waals surface area contributed by atoms with Crippen molar-refractivity contribution in [3.05, 3.63) is 94.2 Å². The summed E-state index contributed by atoms with van der Waals surface area (Å²) in [5.74, 6) is -0.670. The highest BCUT2D eigenvalue weighted by Crippen LogP contribution is 2.35. The first-order valence-corrected chi connectivity index (χ1v) is 12.0. The number of amides is 2. The lowest BCUT2D eigenvalue weighted by Gasteiger charge is -2.12. The Morgan fingerprint density at radius 2 is 1.72 bits per heavy atom. The van der Waals surface area contributed by atoms with E-state index >= 15 is 0 Å². The van der Waals surface area contributed by atoms with Gasteiger partial charge in [-0.3, -0.25) is 14.6 Å². The normalized spacial score (nSPS) is 13.8. The van der Waals surface area contributed by atoms with Gasteiger partial charge in [-0.1, -0.05) is 47.5 Å². The molecule has 0 spiro atoms. The molecule has 0 atom stereocenters. The average Bonchev–Trinajstić information content (AvgIpc) is 3.54. The number of benzene rings is 2. The fourth-order valence-electron chi connectivity index (χ4n) is 3.75. The van der Waals surface area contributed by atoms with Gasteiger partial charge in [-0.15, -0.1) is 0 Å². The Hall–Kier alpha value is -3.72. The number of aliphatic hydroxyl groups is 1. The van der Waals surface area contributed by atoms with Gasteiger partial charge in [0.05, 0.1) is 39.1 Å². The van der Waals surface area contributed by atoms with Crippen LogP contribution >= 0.6 is 23.2 Å². The highest BCUT2D eigenvalue weighted by Gasteiger charge is 2.44. The summed E-state index contributed by atoms with van der Waals surface area (Å²) in [5, 5.41) is 20.2. The van der Waals surface area contributed by atoms with Crippen molar-refractivity contribution < 1.29 is 14.7 Å². The van der Waals surface area contributed by atoms with Crippen LogP contribution in [0.3, 0.4) is 0 Å². The number of carbonyl (C=O) groups is 2. The van der Waals surface area contributed by atoms with Gasteiger partial charge in [-0.25, -0.2) is 4.68 Å². The molecule has 36 heavy (non-hydrogen) atoms. The first kappa shape index (κ1) is 24.0. The van der Waals surface area contributed by atoms with E-state index in [4.69, 9.17) is 23.2 Å². The summed E-state index contributed by atoms with van der Waals surface area (Å²) in [6.45, 7) is -0.143. The van der Waals surface area contributed by atoms with E-state index < -0.39 is 17.4 Å². The molecular weight excluding hydrogens is 501 g/mol. The number of carbonyl (C=O) groups excluding carboxylic acids is 2. The van der Waals surface area contributed by atoms with Gasteiger partial charge in [-0.2, -0.15) is 5.10 Å². The zero-order chi connectivity index (χ0) is 25.3. The predicted molar refractivity (Wildman–Crippen MR) is 138 cm³/mol. The first-order chi connectivity index (χ1) is 17.4. The van der Waals surface area contributed by atoms with Crippen LogP contribution in [0.15, 0.2) is 72.9 Å². The molecule has 2 aromatic carbocycles. The fraction of sp³-hybridized carbons (Fsp3) is 0.154. The summed E-state index contributed by atoms with van der Waals surface area (Å²) in [4.78, 5) is 30.5. The van der Waals surface area contributed by atoms with E-state index in [1.165, 1.54) is 16.8 Å². The largest absolute Gasteiger partial charge is 0.394 e. The van der Waals surface area contributed by atoms with Crippen LogP contribution in [0.5, 0.6) is 0 Å². The number of aromatic nitrogens is 3. The van der Waals surface area contributed by atoms with E-state index in [1.54, 1.807) is 36.5 Å². The van der Waals surface area contributed by atoms with E-state index in [2.05, 4.69) is 20.7 Å². The average molecular weight is 522 g/mol. The quantitative estimate of drug-likeness (QED) is 0.325. The van der Waals surface area contributed by atoms with Crippen LogP contribution in [0.25, 0.3) is 16.9 Å². The molecule has 2 amide bonds. The molecule has 182 valence electrons. The second-order valence-corrected chi connectivity index (χ2v) is 9.35. The summed E-state index contributed by atoms with van der Waals surface area (Å²) >= 11 is 12.8. The number of hydrogen-bond acceptors (Lipinski definition) is 5. The van der Waals surface area contributed by atoms with E-state index in [1.807, 2.05) is 24.3 Å². The van der Waals surface area contributed by atoms with Gasteiger partial charge in [0.2, 0.25) is 0 Å². The minimum atomic E-state index is -0.601. The number of nitrogens with one attached hydrogen (secondary N) is 2. The Balaban J connectivity index is 1.49. The zero-order valence-corrected chi connectivity index (χ0v) is 20.4. The Morgan fingerprint density at radius 1 is 0.972 bits per heavy atom. The molecule has 1 saturated carbocycles. The Morgan fingerprint density at radius 3 is 2.39 bits per heavy atom. The van der Waals surface area contributed by atoms with Gasteiger partial charge in [0.1, 0.15) is 5.82 Å². The number of anilines is 1. The second-order valence-electron chi connectivity index (χ2n) is 8.54. The standard InChI is InChI=1S/C26H21Cl2N5O3/c27-19-13-20(28)18(12-17(19)21-8-4-5-11-29-21)24(35)30-23-14-22(25(36)31-26(15-34)9-10-26)32-33(23)16-6-2-1-3-7-16/h1-8,11-14,34H,9-10,15H2,(H,30,35)(H,31,36). The van der Waals surface area contributed by atoms with Crippen LogP contribution in [-0.4, -0.2) is 43.8 Å². The lowest BCUT2D eigenvalue weighted by molar-refractivity contribution is 0.0900. The Kier molecular flexibility index (Phi) is 6.49. The third-order valence-electron chi connectivity index (χ3n) is 5.96. The fourth-order valence-corrected chi connectivity index (χ4v) is 4.32. The topological polar surface area (TPSA) is 109 Å². The summed E-state index contributed by atoms with van der Waals surface area (Å²) in [7, 11) is 0. The zero-order valence-electron chi connectivity index (χ0n) is 18.9. The number of pyridine rings is 1. The smallest absolute Gasteiger partial charge is 0.272 e. The van der Waals surface area contributed by atoms with Crippen LogP contribution in [0.2, 0.25) is 10.0 Å². The van der Waals surface area contributed by atoms with Gasteiger partial charge in [0.15, 0.2) is 5.69 Å². The van der Waals surface area contributed by atoms with Crippen LogP contribution in [0, 0.1) is 0 Å². The maximum Gasteiger partial charge on any atom is 0.272 e. The lowest BCUT2D eigenvalue weighted by atomic mass is 10.1. The summed E-state index contributed by atoms with van der Waals surface area (Å²) < 4.78 is 1.47. The van der Waals surface area contributed by atoms with Crippen molar-refractivity contribution in [3.8, 4) is 16.9 Å². The lowest BCUT2D eigenvalue weighted by Crippen LogP contribution is -2.39. The van der Waals surface area contributed by atoms with E-state index in [-0.39, 0.29) is 28.7 Å². The summed E-state index contributed by atoms with van der Waals surface area (Å²) in [6, 6.07) is 19.0. The Labute approximate surface area is 216 Å². The van der Waals surface area contributed by atoms with Crippen molar-refractivity contribution in [3.63, 3.8) is 0 Å². The number of halogens is 2. The maximum absolute atomic E-state index is 13.3. The van der Waals surface area contributed by atoms with Crippen molar-refractivity contribution in [2.45, 2.75) is 18.4 Å². The van der Waals surface area contributed by atoms with Crippen LogP contribution in [0.4, 0.5) is 5.82 Å². The van der Waals surface area contributed by atoms with Crippen molar-refractivity contribution in [1.29, 1.82) is 0 Å². The maximum atomic E-state index is 13.3. The summed E-state index contributed by atoms with van der Waals surface area (Å²) in [6.07, 6.45) is 3.03. The molecular formula is C26H21Cl2N5O3. The number of para-hydroxylation sites is 1. The molecule has 2 aromatic heterocycles. The summed E-state index contributed by atoms with van der Waals surface area (Å²) in [5.41, 5.74) is 1.49. The number of aliphatic hydroxyl groups excluding tert-OH is 1. The number of nitrogens with zero attached hydrogens (tertiary/aromatic N) is 3. The van der Waals surface area contributed by atoms with Crippen molar-refractivity contribution >= 4 is 40.8 Å². The molecule has 3 N–H and O–H groups in total. The van der Waals surface area contributed by atoms with Crippen molar-refractivity contribution in [2.75, 3.05) is 11.9 Å². The molecule has 1 fully saturated rings. The predicted octanol–water partition coefficient (Wildman–Crippen LogP) is 4.75. The molecule has 0 saturated heterocycles. The molecule has 8 nitrogen and oxygen atoms in total. The van der Waals surface area contributed by atoms with Gasteiger partial charge in [0, 0.05) is 17.8 Å². The Bertz CT molecular complexity index is 1440. The van der Waals surface area contributed by atoms with Crippen molar-refractivity contribution in [1.82, 2.24) is 20.1 Å². The molecule has 0 aliphatic heterocycles. The third-order valence-corrected chi connectivity index (χ3v) is 6.59. The van der Waals surface area contributed by atoms with Gasteiger partial charge in [0.25, 0.3) is 11.8 Å². The minimum absolute atomic E-state index is 0.102. The highest BCUT2D eigenvalue weighted by atomic mass is 35.5. The number of hydrogen-bond donors (Lipinski definition) is 3. The van der Waals surface area contributed by atoms with Crippen LogP contribution in [0.1, 0.15) is 33.7 Å². The molecule has 0 bridgehead atoms. The van der Waals surface area contributed by atoms with Gasteiger partial charge >= 0.3 is 0 Å². The van der Waals surface area contributed by atoms with E-state index in [9.17, 15) is 14.7 Å². The number of rotatable bonds is 7. The molecule has 4 aromatic rings. The highest BCUT2D eigenvalue weighted by molar-refractivity contribution is 6.38. The van der Waals surface area contributed by atoms with E-state index in [0.29, 0.717) is 34.8 Å². The monoisotopic (exact) mass is 521 g/mol. The molecule has 2 heterocycles. The van der Waals surface area contributed by atoms with Crippen molar-refractivity contribution in [2.24, 2.45) is 0 Å². The van der Waals surface area contributed by atoms with Crippen LogP contribution in [-0.2, 0) is 0 Å². The van der Waals surface area contributed by atoms with Crippen LogP contribution < -0.4 is 10.6 Å². The third kappa shape index (κ3) is 4.83. The molecule has 10 heteroatoms.